The normalized spacial score (nSPS) is 9.83. The molecule has 0 fully saturated rings. The Morgan fingerprint density at radius 2 is 2.25 bits per heavy atom. The molecule has 64 valence electrons. The minimum absolute atomic E-state index is 0.0238. The van der Waals surface area contributed by atoms with Crippen molar-refractivity contribution < 1.29 is 14.3 Å². The summed E-state index contributed by atoms with van der Waals surface area (Å²) in [6.45, 7) is 0. The van der Waals surface area contributed by atoms with E-state index < -0.39 is 5.82 Å². The number of halogens is 2. The summed E-state index contributed by atoms with van der Waals surface area (Å²) in [7, 11) is 0. The van der Waals surface area contributed by atoms with Crippen LogP contribution >= 0.6 is 15.9 Å². The molecule has 0 spiro atoms. The van der Waals surface area contributed by atoms with E-state index >= 15 is 0 Å². The molecule has 0 aromatic heterocycles. The van der Waals surface area contributed by atoms with Crippen molar-refractivity contribution in [3.8, 4) is 5.75 Å². The van der Waals surface area contributed by atoms with Crippen LogP contribution in [0.3, 0.4) is 0 Å². The molecule has 0 bridgehead atoms. The van der Waals surface area contributed by atoms with E-state index in [9.17, 15) is 14.3 Å². The van der Waals surface area contributed by atoms with Crippen molar-refractivity contribution in [1.82, 2.24) is 0 Å². The van der Waals surface area contributed by atoms with Gasteiger partial charge in [-0.05, 0) is 28.1 Å². The molecule has 0 saturated heterocycles. The number of hydrogen-bond acceptors (Lipinski definition) is 2. The number of hydrogen-bond donors (Lipinski definition) is 1. The van der Waals surface area contributed by atoms with Gasteiger partial charge in [0, 0.05) is 12.0 Å². The zero-order chi connectivity index (χ0) is 9.14. The summed E-state index contributed by atoms with van der Waals surface area (Å²) in [6, 6.07) is 2.36. The summed E-state index contributed by atoms with van der Waals surface area (Å²) < 4.78 is 13.0. The fourth-order valence-corrected chi connectivity index (χ4v) is 1.16. The summed E-state index contributed by atoms with van der Waals surface area (Å²) in [6.07, 6.45) is 0.637. The summed E-state index contributed by atoms with van der Waals surface area (Å²) in [5.74, 6) is -0.556. The standard InChI is InChI=1S/C8H6BrFO2/c9-6-4-8(12)5(1-2-11)3-7(6)10/h2-4,12H,1H2. The number of phenolic OH excluding ortho intramolecular Hbond substituents is 1. The molecule has 0 atom stereocenters. The van der Waals surface area contributed by atoms with Gasteiger partial charge in [0.2, 0.25) is 0 Å². The van der Waals surface area contributed by atoms with Gasteiger partial charge in [0.1, 0.15) is 17.9 Å². The Balaban J connectivity index is 3.13. The van der Waals surface area contributed by atoms with E-state index in [0.29, 0.717) is 11.8 Å². The van der Waals surface area contributed by atoms with Crippen LogP contribution in [0.25, 0.3) is 0 Å². The highest BCUT2D eigenvalue weighted by atomic mass is 79.9. The lowest BCUT2D eigenvalue weighted by molar-refractivity contribution is -0.107. The molecule has 0 unspecified atom stereocenters. The fraction of sp³-hybridized carbons (Fsp3) is 0.125. The second-order valence-corrected chi connectivity index (χ2v) is 3.12. The maximum Gasteiger partial charge on any atom is 0.137 e. The first-order valence-corrected chi connectivity index (χ1v) is 4.05. The molecule has 1 rings (SSSR count). The first kappa shape index (κ1) is 9.19. The van der Waals surface area contributed by atoms with Crippen molar-refractivity contribution in [1.29, 1.82) is 0 Å². The number of phenols is 1. The first-order valence-electron chi connectivity index (χ1n) is 3.25. The van der Waals surface area contributed by atoms with E-state index in [1.807, 2.05) is 0 Å². The quantitative estimate of drug-likeness (QED) is 0.793. The first-order chi connectivity index (χ1) is 5.65. The van der Waals surface area contributed by atoms with E-state index in [4.69, 9.17) is 0 Å². The molecule has 0 aliphatic rings. The Morgan fingerprint density at radius 1 is 1.58 bits per heavy atom. The molecule has 0 radical (unpaired) electrons. The summed E-state index contributed by atoms with van der Waals surface area (Å²) in [4.78, 5) is 10.1. The van der Waals surface area contributed by atoms with Crippen LogP contribution in [0.15, 0.2) is 16.6 Å². The third-order valence-electron chi connectivity index (χ3n) is 1.42. The maximum absolute atomic E-state index is 12.8. The van der Waals surface area contributed by atoms with Gasteiger partial charge in [0.05, 0.1) is 4.47 Å². The maximum atomic E-state index is 12.8. The fourth-order valence-electron chi connectivity index (χ4n) is 0.831. The molecule has 12 heavy (non-hydrogen) atoms. The molecule has 0 heterocycles. The van der Waals surface area contributed by atoms with E-state index in [1.165, 1.54) is 6.07 Å². The number of carbonyl (C=O) groups excluding carboxylic acids is 1. The second-order valence-electron chi connectivity index (χ2n) is 2.27. The minimum Gasteiger partial charge on any atom is -0.508 e. The lowest BCUT2D eigenvalue weighted by Gasteiger charge is -2.01. The minimum atomic E-state index is -0.482. The van der Waals surface area contributed by atoms with Gasteiger partial charge in [-0.15, -0.1) is 0 Å². The van der Waals surface area contributed by atoms with Crippen molar-refractivity contribution in [3.05, 3.63) is 28.0 Å². The van der Waals surface area contributed by atoms with Gasteiger partial charge in [-0.2, -0.15) is 0 Å². The molecule has 2 nitrogen and oxygen atoms in total. The third-order valence-corrected chi connectivity index (χ3v) is 2.03. The Hall–Kier alpha value is -0.900. The van der Waals surface area contributed by atoms with E-state index in [1.54, 1.807) is 0 Å². The highest BCUT2D eigenvalue weighted by Gasteiger charge is 2.06. The average molecular weight is 233 g/mol. The highest BCUT2D eigenvalue weighted by Crippen LogP contribution is 2.25. The van der Waals surface area contributed by atoms with Crippen LogP contribution in [0.5, 0.6) is 5.75 Å². The number of rotatable bonds is 2. The summed E-state index contributed by atoms with van der Waals surface area (Å²) in [5, 5.41) is 9.19. The van der Waals surface area contributed by atoms with Crippen LogP contribution in [0, 0.1) is 5.82 Å². The van der Waals surface area contributed by atoms with Gasteiger partial charge in [-0.1, -0.05) is 0 Å². The van der Waals surface area contributed by atoms with Gasteiger partial charge in [0.15, 0.2) is 0 Å². The van der Waals surface area contributed by atoms with Crippen molar-refractivity contribution in [3.63, 3.8) is 0 Å². The topological polar surface area (TPSA) is 37.3 Å². The Bertz CT molecular complexity index is 312. The Morgan fingerprint density at radius 3 is 2.83 bits per heavy atom. The lowest BCUT2D eigenvalue weighted by atomic mass is 10.1. The highest BCUT2D eigenvalue weighted by molar-refractivity contribution is 9.10. The number of benzene rings is 1. The van der Waals surface area contributed by atoms with Crippen LogP contribution in [-0.4, -0.2) is 11.4 Å². The molecule has 0 aliphatic carbocycles. The third kappa shape index (κ3) is 1.82. The van der Waals surface area contributed by atoms with Crippen LogP contribution in [-0.2, 0) is 11.2 Å². The SMILES string of the molecule is O=CCc1cc(F)c(Br)cc1O. The largest absolute Gasteiger partial charge is 0.508 e. The predicted octanol–water partition coefficient (Wildman–Crippen LogP) is 2.04. The van der Waals surface area contributed by atoms with Crippen LogP contribution in [0.2, 0.25) is 0 Å². The molecular formula is C8H6BrFO2. The van der Waals surface area contributed by atoms with E-state index in [0.717, 1.165) is 6.07 Å². The second kappa shape index (κ2) is 3.67. The van der Waals surface area contributed by atoms with Gasteiger partial charge < -0.3 is 9.90 Å². The predicted molar refractivity (Wildman–Crippen MR) is 45.5 cm³/mol. The van der Waals surface area contributed by atoms with Crippen molar-refractivity contribution in [2.75, 3.05) is 0 Å². The molecule has 1 aromatic rings. The van der Waals surface area contributed by atoms with E-state index in [-0.39, 0.29) is 16.6 Å². The molecule has 1 aromatic carbocycles. The van der Waals surface area contributed by atoms with E-state index in [2.05, 4.69) is 15.9 Å². The van der Waals surface area contributed by atoms with Gasteiger partial charge in [-0.25, -0.2) is 4.39 Å². The molecular weight excluding hydrogens is 227 g/mol. The van der Waals surface area contributed by atoms with Crippen LogP contribution in [0.4, 0.5) is 4.39 Å². The summed E-state index contributed by atoms with van der Waals surface area (Å²) >= 11 is 2.91. The molecule has 0 aliphatic heterocycles. The monoisotopic (exact) mass is 232 g/mol. The average Bonchev–Trinajstić information content (AvgIpc) is 2.01. The molecule has 0 saturated carbocycles. The van der Waals surface area contributed by atoms with Crippen molar-refractivity contribution >= 4 is 22.2 Å². The van der Waals surface area contributed by atoms with Crippen molar-refractivity contribution in [2.45, 2.75) is 6.42 Å². The number of carbonyl (C=O) groups is 1. The molecule has 1 N–H and O–H groups in total. The van der Waals surface area contributed by atoms with Crippen LogP contribution in [0.1, 0.15) is 5.56 Å². The van der Waals surface area contributed by atoms with Crippen LogP contribution < -0.4 is 0 Å². The molecule has 4 heteroatoms. The van der Waals surface area contributed by atoms with Gasteiger partial charge >= 0.3 is 0 Å². The van der Waals surface area contributed by atoms with Gasteiger partial charge in [-0.3, -0.25) is 0 Å². The summed E-state index contributed by atoms with van der Waals surface area (Å²) in [5.41, 5.74) is 0.297. The Labute approximate surface area is 77.2 Å². The van der Waals surface area contributed by atoms with Gasteiger partial charge in [0.25, 0.3) is 0 Å². The zero-order valence-corrected chi connectivity index (χ0v) is 7.64. The number of aldehydes is 1. The number of aromatic hydroxyl groups is 1. The lowest BCUT2D eigenvalue weighted by Crippen LogP contribution is -1.89. The smallest absolute Gasteiger partial charge is 0.137 e. The molecule has 0 amide bonds. The van der Waals surface area contributed by atoms with Crippen molar-refractivity contribution in [2.24, 2.45) is 0 Å². The Kier molecular flexibility index (Phi) is 2.81. The zero-order valence-electron chi connectivity index (χ0n) is 6.05.